The molecule has 29 heavy (non-hydrogen) atoms. The second kappa shape index (κ2) is 7.88. The molecule has 0 bridgehead atoms. The lowest BCUT2D eigenvalue weighted by Crippen LogP contribution is -2.38. The number of rotatable bonds is 6. The zero-order valence-corrected chi connectivity index (χ0v) is 17.1. The van der Waals surface area contributed by atoms with Crippen molar-refractivity contribution >= 4 is 15.9 Å². The maximum atomic E-state index is 13.2. The standard InChI is InChI=1S/C22H25FN2O3S/c23-18-10-8-17(9-11-18)22(12-13-22)16-24-21(26)19-6-2-3-7-20(19)29(27,28)25-14-4-1-5-15-25/h2-3,6-11H,1,4-5,12-16H2,(H,24,26). The first-order valence-corrected chi connectivity index (χ1v) is 11.5. The third kappa shape index (κ3) is 4.07. The number of hydrogen-bond acceptors (Lipinski definition) is 3. The van der Waals surface area contributed by atoms with Crippen LogP contribution >= 0.6 is 0 Å². The molecule has 154 valence electrons. The van der Waals surface area contributed by atoms with Gasteiger partial charge in [0, 0.05) is 25.0 Å². The van der Waals surface area contributed by atoms with Crippen molar-refractivity contribution in [3.05, 3.63) is 65.5 Å². The number of benzene rings is 2. The van der Waals surface area contributed by atoms with Gasteiger partial charge in [0.25, 0.3) is 5.91 Å². The number of amides is 1. The van der Waals surface area contributed by atoms with Crippen LogP contribution in [0.3, 0.4) is 0 Å². The van der Waals surface area contributed by atoms with Gasteiger partial charge in [0.1, 0.15) is 5.82 Å². The van der Waals surface area contributed by atoms with Gasteiger partial charge in [-0.15, -0.1) is 0 Å². The molecule has 1 aliphatic carbocycles. The van der Waals surface area contributed by atoms with Crippen molar-refractivity contribution < 1.29 is 17.6 Å². The lowest BCUT2D eigenvalue weighted by atomic mass is 9.96. The molecule has 4 rings (SSSR count). The van der Waals surface area contributed by atoms with Gasteiger partial charge in [-0.05, 0) is 55.5 Å². The van der Waals surface area contributed by atoms with Crippen molar-refractivity contribution in [3.63, 3.8) is 0 Å². The summed E-state index contributed by atoms with van der Waals surface area (Å²) in [5, 5.41) is 2.91. The average molecular weight is 417 g/mol. The van der Waals surface area contributed by atoms with Crippen molar-refractivity contribution in [1.29, 1.82) is 0 Å². The summed E-state index contributed by atoms with van der Waals surface area (Å²) in [6, 6.07) is 12.8. The number of carbonyl (C=O) groups is 1. The van der Waals surface area contributed by atoms with Crippen molar-refractivity contribution in [1.82, 2.24) is 9.62 Å². The molecular weight excluding hydrogens is 391 g/mol. The van der Waals surface area contributed by atoms with Crippen molar-refractivity contribution in [2.75, 3.05) is 19.6 Å². The Hall–Kier alpha value is -2.25. The fourth-order valence-electron chi connectivity index (χ4n) is 3.99. The molecule has 0 aromatic heterocycles. The van der Waals surface area contributed by atoms with E-state index in [4.69, 9.17) is 0 Å². The number of nitrogens with zero attached hydrogens (tertiary/aromatic N) is 1. The highest BCUT2D eigenvalue weighted by atomic mass is 32.2. The van der Waals surface area contributed by atoms with Gasteiger partial charge in [0.2, 0.25) is 10.0 Å². The molecule has 2 aromatic carbocycles. The van der Waals surface area contributed by atoms with Gasteiger partial charge >= 0.3 is 0 Å². The third-order valence-corrected chi connectivity index (χ3v) is 7.92. The molecule has 2 aromatic rings. The second-order valence-corrected chi connectivity index (χ2v) is 9.84. The molecule has 0 spiro atoms. The van der Waals surface area contributed by atoms with Gasteiger partial charge in [-0.2, -0.15) is 4.31 Å². The summed E-state index contributed by atoms with van der Waals surface area (Å²) in [6.45, 7) is 1.38. The highest BCUT2D eigenvalue weighted by molar-refractivity contribution is 7.89. The monoisotopic (exact) mass is 416 g/mol. The average Bonchev–Trinajstić information content (AvgIpc) is 3.54. The number of sulfonamides is 1. The van der Waals surface area contributed by atoms with Gasteiger partial charge in [-0.3, -0.25) is 4.79 Å². The van der Waals surface area contributed by atoms with Crippen LogP contribution in [0.25, 0.3) is 0 Å². The first-order valence-electron chi connectivity index (χ1n) is 10.1. The van der Waals surface area contributed by atoms with Crippen LogP contribution in [0, 0.1) is 5.82 Å². The molecule has 1 heterocycles. The van der Waals surface area contributed by atoms with Gasteiger partial charge in [0.05, 0.1) is 10.5 Å². The van der Waals surface area contributed by atoms with Crippen molar-refractivity contribution in [2.24, 2.45) is 0 Å². The molecule has 2 aliphatic rings. The Balaban J connectivity index is 1.52. The molecular formula is C22H25FN2O3S. The van der Waals surface area contributed by atoms with Gasteiger partial charge in [-0.1, -0.05) is 30.7 Å². The zero-order chi connectivity index (χ0) is 20.5. The van der Waals surface area contributed by atoms with E-state index >= 15 is 0 Å². The predicted octanol–water partition coefficient (Wildman–Crippen LogP) is 3.46. The Morgan fingerprint density at radius 3 is 2.31 bits per heavy atom. The van der Waals surface area contributed by atoms with E-state index in [2.05, 4.69) is 5.32 Å². The zero-order valence-electron chi connectivity index (χ0n) is 16.2. The highest BCUT2D eigenvalue weighted by Gasteiger charge is 2.44. The van der Waals surface area contributed by atoms with E-state index in [1.807, 2.05) is 0 Å². The van der Waals surface area contributed by atoms with Gasteiger partial charge in [-0.25, -0.2) is 12.8 Å². The molecule has 7 heteroatoms. The molecule has 2 fully saturated rings. The summed E-state index contributed by atoms with van der Waals surface area (Å²) in [5.41, 5.74) is 0.978. The van der Waals surface area contributed by atoms with E-state index in [9.17, 15) is 17.6 Å². The van der Waals surface area contributed by atoms with Crippen LogP contribution in [0.5, 0.6) is 0 Å². The minimum atomic E-state index is -3.70. The molecule has 0 unspecified atom stereocenters. The van der Waals surface area contributed by atoms with Crippen molar-refractivity contribution in [3.8, 4) is 0 Å². The van der Waals surface area contributed by atoms with E-state index in [-0.39, 0.29) is 21.7 Å². The SMILES string of the molecule is O=C(NCC1(c2ccc(F)cc2)CC1)c1ccccc1S(=O)(=O)N1CCCCC1. The first kappa shape index (κ1) is 20.0. The lowest BCUT2D eigenvalue weighted by molar-refractivity contribution is 0.0946. The smallest absolute Gasteiger partial charge is 0.252 e. The fraction of sp³-hybridized carbons (Fsp3) is 0.409. The van der Waals surface area contributed by atoms with E-state index in [0.717, 1.165) is 37.7 Å². The van der Waals surface area contributed by atoms with Gasteiger partial charge in [0.15, 0.2) is 0 Å². The number of piperidine rings is 1. The van der Waals surface area contributed by atoms with Crippen LogP contribution in [0.2, 0.25) is 0 Å². The minimum Gasteiger partial charge on any atom is -0.351 e. The Labute approximate surface area is 171 Å². The summed E-state index contributed by atoms with van der Waals surface area (Å²) in [6.07, 6.45) is 4.53. The number of hydrogen-bond donors (Lipinski definition) is 1. The summed E-state index contributed by atoms with van der Waals surface area (Å²) < 4.78 is 40.9. The van der Waals surface area contributed by atoms with Crippen LogP contribution in [-0.4, -0.2) is 38.3 Å². The Morgan fingerprint density at radius 2 is 1.66 bits per heavy atom. The van der Waals surface area contributed by atoms with Crippen LogP contribution in [0.1, 0.15) is 48.0 Å². The molecule has 1 amide bonds. The fourth-order valence-corrected chi connectivity index (χ4v) is 5.70. The van der Waals surface area contributed by atoms with Crippen LogP contribution < -0.4 is 5.32 Å². The largest absolute Gasteiger partial charge is 0.351 e. The molecule has 5 nitrogen and oxygen atoms in total. The number of halogens is 1. The Morgan fingerprint density at radius 1 is 1.00 bits per heavy atom. The maximum Gasteiger partial charge on any atom is 0.252 e. The van der Waals surface area contributed by atoms with E-state index in [1.54, 1.807) is 30.3 Å². The second-order valence-electron chi connectivity index (χ2n) is 7.93. The maximum absolute atomic E-state index is 13.2. The Bertz CT molecular complexity index is 995. The molecule has 1 N–H and O–H groups in total. The van der Waals surface area contributed by atoms with Crippen LogP contribution in [-0.2, 0) is 15.4 Å². The third-order valence-electron chi connectivity index (χ3n) is 5.96. The topological polar surface area (TPSA) is 66.5 Å². The predicted molar refractivity (Wildman–Crippen MR) is 109 cm³/mol. The van der Waals surface area contributed by atoms with Crippen LogP contribution in [0.4, 0.5) is 4.39 Å². The van der Waals surface area contributed by atoms with Gasteiger partial charge < -0.3 is 5.32 Å². The number of nitrogens with one attached hydrogen (secondary N) is 1. The summed E-state index contributed by atoms with van der Waals surface area (Å²) in [5.74, 6) is -0.681. The minimum absolute atomic E-state index is 0.0611. The Kier molecular flexibility index (Phi) is 5.44. The van der Waals surface area contributed by atoms with E-state index in [1.165, 1.54) is 22.5 Å². The lowest BCUT2D eigenvalue weighted by Gasteiger charge is -2.26. The van der Waals surface area contributed by atoms with Crippen LogP contribution in [0.15, 0.2) is 53.4 Å². The highest BCUT2D eigenvalue weighted by Crippen LogP contribution is 2.47. The number of carbonyl (C=O) groups excluding carboxylic acids is 1. The van der Waals surface area contributed by atoms with E-state index < -0.39 is 15.9 Å². The molecule has 0 atom stereocenters. The van der Waals surface area contributed by atoms with Crippen molar-refractivity contribution in [2.45, 2.75) is 42.4 Å². The van der Waals surface area contributed by atoms with E-state index in [0.29, 0.717) is 19.6 Å². The molecule has 0 radical (unpaired) electrons. The quantitative estimate of drug-likeness (QED) is 0.784. The first-order chi connectivity index (χ1) is 13.9. The summed E-state index contributed by atoms with van der Waals surface area (Å²) >= 11 is 0. The molecule has 1 aliphatic heterocycles. The summed E-state index contributed by atoms with van der Waals surface area (Å²) in [4.78, 5) is 13.0. The normalized spacial score (nSPS) is 18.9. The molecule has 1 saturated heterocycles. The molecule has 1 saturated carbocycles. The summed E-state index contributed by atoms with van der Waals surface area (Å²) in [7, 11) is -3.70.